The lowest BCUT2D eigenvalue weighted by atomic mass is 10.1. The minimum atomic E-state index is -0.126. The van der Waals surface area contributed by atoms with Gasteiger partial charge in [0.15, 0.2) is 0 Å². The van der Waals surface area contributed by atoms with E-state index < -0.39 is 0 Å². The average molecular weight is 356 g/mol. The molecule has 3 rings (SSSR count). The van der Waals surface area contributed by atoms with Crippen LogP contribution in [0, 0.1) is 11.3 Å². The van der Waals surface area contributed by atoms with Crippen LogP contribution in [0.5, 0.6) is 0 Å². The van der Waals surface area contributed by atoms with Crippen LogP contribution in [0.1, 0.15) is 27.9 Å². The molecule has 5 nitrogen and oxygen atoms in total. The number of benzene rings is 2. The van der Waals surface area contributed by atoms with Crippen LogP contribution in [-0.4, -0.2) is 17.4 Å². The number of pyridine rings is 1. The van der Waals surface area contributed by atoms with E-state index in [1.165, 1.54) is 5.56 Å². The monoisotopic (exact) mass is 356 g/mol. The third-order valence-corrected chi connectivity index (χ3v) is 4.06. The Hall–Kier alpha value is -3.65. The molecule has 3 aromatic rings. The van der Waals surface area contributed by atoms with Gasteiger partial charge in [0.2, 0.25) is 0 Å². The highest BCUT2D eigenvalue weighted by Crippen LogP contribution is 2.16. The van der Waals surface area contributed by atoms with Gasteiger partial charge in [0.05, 0.1) is 11.6 Å². The lowest BCUT2D eigenvalue weighted by molar-refractivity contribution is 0.0953. The zero-order chi connectivity index (χ0) is 18.9. The van der Waals surface area contributed by atoms with E-state index in [1.54, 1.807) is 36.5 Å². The van der Waals surface area contributed by atoms with Gasteiger partial charge >= 0.3 is 0 Å². The molecule has 0 saturated heterocycles. The minimum Gasteiger partial charge on any atom is -0.352 e. The maximum absolute atomic E-state index is 12.4. The number of nitriles is 1. The van der Waals surface area contributed by atoms with Crippen molar-refractivity contribution in [1.82, 2.24) is 10.3 Å². The van der Waals surface area contributed by atoms with Crippen LogP contribution in [0.15, 0.2) is 72.9 Å². The number of aromatic nitrogens is 1. The standard InChI is InChI=1S/C22H20N4O/c23-16-18-8-4-10-20(14-18)26-21-15-19(11-13-24-21)22(27)25-12-5-9-17-6-2-1-3-7-17/h1-4,6-8,10-11,13-15H,5,9,12H2,(H,24,26)(H,25,27). The van der Waals surface area contributed by atoms with E-state index in [1.807, 2.05) is 24.3 Å². The first-order valence-electron chi connectivity index (χ1n) is 8.80. The summed E-state index contributed by atoms with van der Waals surface area (Å²) >= 11 is 0. The molecule has 1 amide bonds. The van der Waals surface area contributed by atoms with E-state index in [9.17, 15) is 4.79 Å². The predicted octanol–water partition coefficient (Wildman–Crippen LogP) is 4.06. The van der Waals surface area contributed by atoms with Crippen LogP contribution < -0.4 is 10.6 Å². The second-order valence-electron chi connectivity index (χ2n) is 6.09. The van der Waals surface area contributed by atoms with Crippen molar-refractivity contribution in [3.05, 3.63) is 89.6 Å². The Morgan fingerprint density at radius 1 is 1.04 bits per heavy atom. The number of carbonyl (C=O) groups excluding carboxylic acids is 1. The first kappa shape index (κ1) is 18.2. The van der Waals surface area contributed by atoms with Gasteiger partial charge in [0, 0.05) is 24.0 Å². The Bertz CT molecular complexity index is 948. The van der Waals surface area contributed by atoms with Crippen molar-refractivity contribution < 1.29 is 4.79 Å². The molecule has 0 atom stereocenters. The summed E-state index contributed by atoms with van der Waals surface area (Å²) in [5.41, 5.74) is 3.12. The minimum absolute atomic E-state index is 0.126. The van der Waals surface area contributed by atoms with Crippen molar-refractivity contribution in [1.29, 1.82) is 5.26 Å². The summed E-state index contributed by atoms with van der Waals surface area (Å²) in [4.78, 5) is 16.6. The summed E-state index contributed by atoms with van der Waals surface area (Å²) in [6.07, 6.45) is 3.40. The summed E-state index contributed by atoms with van der Waals surface area (Å²) in [7, 11) is 0. The fraction of sp³-hybridized carbons (Fsp3) is 0.136. The van der Waals surface area contributed by atoms with Gasteiger partial charge < -0.3 is 10.6 Å². The smallest absolute Gasteiger partial charge is 0.251 e. The molecule has 0 saturated carbocycles. The molecule has 0 bridgehead atoms. The van der Waals surface area contributed by atoms with Crippen LogP contribution in [0.3, 0.4) is 0 Å². The highest BCUT2D eigenvalue weighted by molar-refractivity contribution is 5.94. The number of anilines is 2. The van der Waals surface area contributed by atoms with E-state index in [4.69, 9.17) is 5.26 Å². The van der Waals surface area contributed by atoms with Crippen molar-refractivity contribution in [2.75, 3.05) is 11.9 Å². The predicted molar refractivity (Wildman–Crippen MR) is 106 cm³/mol. The molecule has 0 unspecified atom stereocenters. The molecule has 27 heavy (non-hydrogen) atoms. The molecule has 0 radical (unpaired) electrons. The molecule has 0 aliphatic carbocycles. The molecular weight excluding hydrogens is 336 g/mol. The van der Waals surface area contributed by atoms with Gasteiger partial charge in [0.1, 0.15) is 5.82 Å². The Labute approximate surface area is 158 Å². The summed E-state index contributed by atoms with van der Waals surface area (Å²) in [5.74, 6) is 0.432. The van der Waals surface area contributed by atoms with Crippen molar-refractivity contribution in [3.63, 3.8) is 0 Å². The molecule has 0 fully saturated rings. The van der Waals surface area contributed by atoms with Crippen LogP contribution >= 0.6 is 0 Å². The Balaban J connectivity index is 1.54. The maximum atomic E-state index is 12.4. The fourth-order valence-corrected chi connectivity index (χ4v) is 2.70. The molecule has 5 heteroatoms. The number of hydrogen-bond acceptors (Lipinski definition) is 4. The lowest BCUT2D eigenvalue weighted by Crippen LogP contribution is -2.24. The number of nitrogens with zero attached hydrogens (tertiary/aromatic N) is 2. The van der Waals surface area contributed by atoms with Crippen LogP contribution in [0.4, 0.5) is 11.5 Å². The number of rotatable bonds is 7. The molecule has 1 aromatic heterocycles. The summed E-state index contributed by atoms with van der Waals surface area (Å²) in [6.45, 7) is 0.614. The lowest BCUT2D eigenvalue weighted by Gasteiger charge is -2.09. The largest absolute Gasteiger partial charge is 0.352 e. The Kier molecular flexibility index (Phi) is 6.16. The van der Waals surface area contributed by atoms with Crippen molar-refractivity contribution in [2.45, 2.75) is 12.8 Å². The van der Waals surface area contributed by atoms with Gasteiger partial charge in [-0.2, -0.15) is 5.26 Å². The van der Waals surface area contributed by atoms with Gasteiger partial charge in [-0.15, -0.1) is 0 Å². The van der Waals surface area contributed by atoms with Gasteiger partial charge in [-0.25, -0.2) is 4.98 Å². The highest BCUT2D eigenvalue weighted by Gasteiger charge is 2.07. The first-order valence-corrected chi connectivity index (χ1v) is 8.80. The Morgan fingerprint density at radius 3 is 2.70 bits per heavy atom. The van der Waals surface area contributed by atoms with Gasteiger partial charge in [-0.05, 0) is 48.7 Å². The van der Waals surface area contributed by atoms with Crippen molar-refractivity contribution in [2.24, 2.45) is 0 Å². The average Bonchev–Trinajstić information content (AvgIpc) is 2.72. The third kappa shape index (κ3) is 5.41. The molecular formula is C22H20N4O. The van der Waals surface area contributed by atoms with Crippen molar-refractivity contribution >= 4 is 17.4 Å². The van der Waals surface area contributed by atoms with Gasteiger partial charge in [-0.1, -0.05) is 36.4 Å². The molecule has 2 N–H and O–H groups in total. The maximum Gasteiger partial charge on any atom is 0.251 e. The van der Waals surface area contributed by atoms with E-state index in [2.05, 4.69) is 33.8 Å². The summed E-state index contributed by atoms with van der Waals surface area (Å²) in [6, 6.07) is 22.8. The molecule has 0 aliphatic rings. The number of carbonyl (C=O) groups is 1. The quantitative estimate of drug-likeness (QED) is 0.626. The topological polar surface area (TPSA) is 77.8 Å². The zero-order valence-corrected chi connectivity index (χ0v) is 14.9. The second kappa shape index (κ2) is 9.16. The van der Waals surface area contributed by atoms with Crippen LogP contribution in [-0.2, 0) is 6.42 Å². The Morgan fingerprint density at radius 2 is 1.89 bits per heavy atom. The fourth-order valence-electron chi connectivity index (χ4n) is 2.70. The normalized spacial score (nSPS) is 10.0. The highest BCUT2D eigenvalue weighted by atomic mass is 16.1. The molecule has 0 aliphatic heterocycles. The third-order valence-electron chi connectivity index (χ3n) is 4.06. The van der Waals surface area contributed by atoms with E-state index in [-0.39, 0.29) is 5.91 Å². The van der Waals surface area contributed by atoms with Gasteiger partial charge in [0.25, 0.3) is 5.91 Å². The van der Waals surface area contributed by atoms with Crippen molar-refractivity contribution in [3.8, 4) is 6.07 Å². The van der Waals surface area contributed by atoms with E-state index in [0.29, 0.717) is 23.5 Å². The summed E-state index contributed by atoms with van der Waals surface area (Å²) in [5, 5.41) is 15.0. The molecule has 2 aromatic carbocycles. The number of amides is 1. The van der Waals surface area contributed by atoms with Crippen LogP contribution in [0.2, 0.25) is 0 Å². The molecule has 1 heterocycles. The number of nitrogens with one attached hydrogen (secondary N) is 2. The second-order valence-corrected chi connectivity index (χ2v) is 6.09. The summed E-state index contributed by atoms with van der Waals surface area (Å²) < 4.78 is 0. The molecule has 0 spiro atoms. The molecule has 134 valence electrons. The SMILES string of the molecule is N#Cc1cccc(Nc2cc(C(=O)NCCCc3ccccc3)ccn2)c1. The van der Waals surface area contributed by atoms with Crippen LogP contribution in [0.25, 0.3) is 0 Å². The number of aryl methyl sites for hydroxylation is 1. The van der Waals surface area contributed by atoms with Gasteiger partial charge in [-0.3, -0.25) is 4.79 Å². The number of hydrogen-bond donors (Lipinski definition) is 2. The van der Waals surface area contributed by atoms with E-state index in [0.717, 1.165) is 18.5 Å². The first-order chi connectivity index (χ1) is 13.2. The zero-order valence-electron chi connectivity index (χ0n) is 14.9. The van der Waals surface area contributed by atoms with E-state index >= 15 is 0 Å².